The van der Waals surface area contributed by atoms with Gasteiger partial charge in [-0.05, 0) is 24.3 Å². The number of ether oxygens (including phenoxy) is 4. The minimum absolute atomic E-state index is 0.207. The molecule has 0 saturated carbocycles. The van der Waals surface area contributed by atoms with Crippen LogP contribution in [0.2, 0.25) is 0 Å². The van der Waals surface area contributed by atoms with Crippen LogP contribution in [0.4, 0.5) is 0 Å². The molecule has 1 amide bonds. The van der Waals surface area contributed by atoms with E-state index in [0.717, 1.165) is 19.6 Å². The lowest BCUT2D eigenvalue weighted by atomic mass is 9.98. The van der Waals surface area contributed by atoms with E-state index in [1.807, 2.05) is 0 Å². The Balaban J connectivity index is 1.69. The molecule has 4 rings (SSSR count). The molecule has 9 nitrogen and oxygen atoms in total. The van der Waals surface area contributed by atoms with Crippen molar-refractivity contribution in [1.82, 2.24) is 15.2 Å². The van der Waals surface area contributed by atoms with Crippen molar-refractivity contribution < 1.29 is 28.5 Å². The number of carbonyl (C=O) groups excluding carboxylic acids is 2. The summed E-state index contributed by atoms with van der Waals surface area (Å²) in [5.41, 5.74) is 0.986. The van der Waals surface area contributed by atoms with Crippen molar-refractivity contribution in [1.29, 1.82) is 0 Å². The molecule has 0 aliphatic carbocycles. The van der Waals surface area contributed by atoms with Crippen molar-refractivity contribution >= 4 is 22.5 Å². The highest BCUT2D eigenvalue weighted by Crippen LogP contribution is 2.35. The molecule has 2 heterocycles. The molecule has 184 valence electrons. The van der Waals surface area contributed by atoms with Crippen molar-refractivity contribution in [2.75, 3.05) is 60.7 Å². The summed E-state index contributed by atoms with van der Waals surface area (Å²) < 4.78 is 21.5. The van der Waals surface area contributed by atoms with Gasteiger partial charge in [0.2, 0.25) is 5.78 Å². The molecule has 1 aliphatic rings. The van der Waals surface area contributed by atoms with Crippen LogP contribution in [0.3, 0.4) is 0 Å². The molecule has 35 heavy (non-hydrogen) atoms. The van der Waals surface area contributed by atoms with Crippen molar-refractivity contribution in [2.45, 2.75) is 0 Å². The summed E-state index contributed by atoms with van der Waals surface area (Å²) in [6, 6.07) is 10.2. The zero-order chi connectivity index (χ0) is 24.8. The van der Waals surface area contributed by atoms with Gasteiger partial charge in [-0.15, -0.1) is 0 Å². The lowest BCUT2D eigenvalue weighted by molar-refractivity contribution is 0.0383. The SMILES string of the molecule is COc1cccc(C(=O)c2ncc(C(=O)NCCN3CCOCC3)c3cc(OC)c(OC)cc23)c1. The summed E-state index contributed by atoms with van der Waals surface area (Å²) in [4.78, 5) is 33.2. The fraction of sp³-hybridized carbons (Fsp3) is 0.346. The summed E-state index contributed by atoms with van der Waals surface area (Å²) in [5, 5.41) is 4.01. The lowest BCUT2D eigenvalue weighted by Gasteiger charge is -2.26. The van der Waals surface area contributed by atoms with E-state index >= 15 is 0 Å². The first kappa shape index (κ1) is 24.4. The van der Waals surface area contributed by atoms with Gasteiger partial charge in [-0.2, -0.15) is 0 Å². The maximum absolute atomic E-state index is 13.4. The second-order valence-corrected chi connectivity index (χ2v) is 8.04. The summed E-state index contributed by atoms with van der Waals surface area (Å²) in [6.45, 7) is 4.30. The van der Waals surface area contributed by atoms with Gasteiger partial charge < -0.3 is 24.3 Å². The Morgan fingerprint density at radius 3 is 2.40 bits per heavy atom. The molecule has 0 radical (unpaired) electrons. The van der Waals surface area contributed by atoms with Crippen LogP contribution in [0.5, 0.6) is 17.2 Å². The summed E-state index contributed by atoms with van der Waals surface area (Å²) in [5.74, 6) is 0.888. The van der Waals surface area contributed by atoms with Crippen LogP contribution in [-0.4, -0.2) is 82.3 Å². The Morgan fingerprint density at radius 2 is 1.71 bits per heavy atom. The van der Waals surface area contributed by atoms with Crippen molar-refractivity contribution in [3.63, 3.8) is 0 Å². The number of ketones is 1. The molecular formula is C26H29N3O6. The van der Waals surface area contributed by atoms with Crippen molar-refractivity contribution in [2.24, 2.45) is 0 Å². The predicted octanol–water partition coefficient (Wildman–Crippen LogP) is 2.55. The molecular weight excluding hydrogens is 450 g/mol. The normalized spacial score (nSPS) is 13.9. The Kier molecular flexibility index (Phi) is 7.79. The standard InChI is InChI=1S/C26H29N3O6/c1-32-18-6-4-5-17(13-18)25(30)24-20-15-23(34-3)22(33-2)14-19(20)21(16-28-24)26(31)27-7-8-29-9-11-35-12-10-29/h4-6,13-16H,7-12H2,1-3H3,(H,27,31). The number of nitrogens with one attached hydrogen (secondary N) is 1. The number of amides is 1. The zero-order valence-corrected chi connectivity index (χ0v) is 20.1. The first-order valence-electron chi connectivity index (χ1n) is 11.4. The molecule has 0 unspecified atom stereocenters. The monoisotopic (exact) mass is 479 g/mol. The first-order chi connectivity index (χ1) is 17.0. The minimum atomic E-state index is -0.291. The van der Waals surface area contributed by atoms with E-state index in [0.29, 0.717) is 58.9 Å². The van der Waals surface area contributed by atoms with Gasteiger partial charge in [0.15, 0.2) is 11.5 Å². The molecule has 9 heteroatoms. The van der Waals surface area contributed by atoms with Crippen LogP contribution in [-0.2, 0) is 4.74 Å². The van der Waals surface area contributed by atoms with Crippen LogP contribution < -0.4 is 19.5 Å². The van der Waals surface area contributed by atoms with Gasteiger partial charge in [0.1, 0.15) is 11.4 Å². The molecule has 3 aromatic rings. The van der Waals surface area contributed by atoms with Gasteiger partial charge >= 0.3 is 0 Å². The summed E-state index contributed by atoms with van der Waals surface area (Å²) in [7, 11) is 4.58. The number of aromatic nitrogens is 1. The van der Waals surface area contributed by atoms with Crippen LogP contribution in [0.15, 0.2) is 42.6 Å². The minimum Gasteiger partial charge on any atom is -0.497 e. The van der Waals surface area contributed by atoms with Gasteiger partial charge in [0.05, 0.1) is 40.1 Å². The van der Waals surface area contributed by atoms with E-state index in [1.54, 1.807) is 43.5 Å². The quantitative estimate of drug-likeness (QED) is 0.468. The van der Waals surface area contributed by atoms with E-state index in [2.05, 4.69) is 15.2 Å². The van der Waals surface area contributed by atoms with Gasteiger partial charge in [0.25, 0.3) is 5.91 Å². The van der Waals surface area contributed by atoms with Gasteiger partial charge in [-0.25, -0.2) is 0 Å². The number of nitrogens with zero attached hydrogens (tertiary/aromatic N) is 2. The van der Waals surface area contributed by atoms with E-state index < -0.39 is 0 Å². The van der Waals surface area contributed by atoms with Crippen LogP contribution in [0.1, 0.15) is 26.4 Å². The second kappa shape index (κ2) is 11.2. The highest BCUT2D eigenvalue weighted by atomic mass is 16.5. The average Bonchev–Trinajstić information content (AvgIpc) is 2.91. The maximum Gasteiger partial charge on any atom is 0.253 e. The Bertz CT molecular complexity index is 1220. The summed E-state index contributed by atoms with van der Waals surface area (Å²) in [6.07, 6.45) is 1.44. The maximum atomic E-state index is 13.4. The number of fused-ring (bicyclic) bond motifs is 1. The Morgan fingerprint density at radius 1 is 1.00 bits per heavy atom. The van der Waals surface area contributed by atoms with Gasteiger partial charge in [-0.1, -0.05) is 12.1 Å². The molecule has 0 bridgehead atoms. The third-order valence-corrected chi connectivity index (χ3v) is 6.00. The third-order valence-electron chi connectivity index (χ3n) is 6.00. The molecule has 0 atom stereocenters. The number of hydrogen-bond acceptors (Lipinski definition) is 8. The topological polar surface area (TPSA) is 99.2 Å². The Hall–Kier alpha value is -3.69. The molecule has 1 fully saturated rings. The molecule has 1 N–H and O–H groups in total. The number of methoxy groups -OCH3 is 3. The van der Waals surface area contributed by atoms with E-state index in [1.165, 1.54) is 20.4 Å². The highest BCUT2D eigenvalue weighted by molar-refractivity contribution is 6.18. The van der Waals surface area contributed by atoms with Gasteiger partial charge in [-0.3, -0.25) is 19.5 Å². The van der Waals surface area contributed by atoms with Crippen molar-refractivity contribution in [3.05, 3.63) is 59.4 Å². The lowest BCUT2D eigenvalue weighted by Crippen LogP contribution is -2.41. The number of carbonyl (C=O) groups is 2. The number of pyridine rings is 1. The van der Waals surface area contributed by atoms with Crippen molar-refractivity contribution in [3.8, 4) is 17.2 Å². The predicted molar refractivity (Wildman–Crippen MR) is 131 cm³/mol. The average molecular weight is 480 g/mol. The largest absolute Gasteiger partial charge is 0.497 e. The smallest absolute Gasteiger partial charge is 0.253 e. The zero-order valence-electron chi connectivity index (χ0n) is 20.1. The summed E-state index contributed by atoms with van der Waals surface area (Å²) >= 11 is 0. The molecule has 2 aromatic carbocycles. The van der Waals surface area contributed by atoms with E-state index in [9.17, 15) is 9.59 Å². The van der Waals surface area contributed by atoms with E-state index in [-0.39, 0.29) is 17.4 Å². The molecule has 0 spiro atoms. The number of rotatable bonds is 9. The number of benzene rings is 2. The molecule has 1 aromatic heterocycles. The first-order valence-corrected chi connectivity index (χ1v) is 11.4. The second-order valence-electron chi connectivity index (χ2n) is 8.04. The van der Waals surface area contributed by atoms with Crippen LogP contribution in [0, 0.1) is 0 Å². The third kappa shape index (κ3) is 5.36. The van der Waals surface area contributed by atoms with Gasteiger partial charge in [0, 0.05) is 48.7 Å². The van der Waals surface area contributed by atoms with E-state index in [4.69, 9.17) is 18.9 Å². The number of morpholine rings is 1. The fourth-order valence-electron chi connectivity index (χ4n) is 4.08. The molecule has 1 aliphatic heterocycles. The van der Waals surface area contributed by atoms with Crippen LogP contribution >= 0.6 is 0 Å². The fourth-order valence-corrected chi connectivity index (χ4v) is 4.08. The highest BCUT2D eigenvalue weighted by Gasteiger charge is 2.22. The Labute approximate surface area is 203 Å². The number of hydrogen-bond donors (Lipinski definition) is 1. The van der Waals surface area contributed by atoms with Crippen LogP contribution in [0.25, 0.3) is 10.8 Å². The molecule has 1 saturated heterocycles.